The van der Waals surface area contributed by atoms with E-state index in [1.165, 1.54) is 18.2 Å². The number of hydrogen-bond donors (Lipinski definition) is 1. The van der Waals surface area contributed by atoms with Crippen LogP contribution in [0, 0.1) is 0 Å². The molecule has 0 heterocycles. The number of ether oxygens (including phenoxy) is 1. The lowest BCUT2D eigenvalue weighted by atomic mass is 10.1. The lowest BCUT2D eigenvalue weighted by Crippen LogP contribution is -2.23. The quantitative estimate of drug-likeness (QED) is 0.911. The molecule has 0 aliphatic heterocycles. The van der Waals surface area contributed by atoms with E-state index in [-0.39, 0.29) is 11.3 Å². The summed E-state index contributed by atoms with van der Waals surface area (Å²) in [6, 6.07) is 15.2. The molecule has 1 amide bonds. The molecule has 0 unspecified atom stereocenters. The molecule has 104 valence electrons. The summed E-state index contributed by atoms with van der Waals surface area (Å²) in [5.74, 6) is -0.585. The molecule has 0 aliphatic rings. The zero-order valence-electron chi connectivity index (χ0n) is 10.6. The summed E-state index contributed by atoms with van der Waals surface area (Å²) in [5, 5.41) is 2.67. The molecule has 3 nitrogen and oxygen atoms in total. The number of para-hydroxylation sites is 1. The van der Waals surface area contributed by atoms with Gasteiger partial charge >= 0.3 is 6.61 Å². The van der Waals surface area contributed by atoms with Gasteiger partial charge in [0.2, 0.25) is 0 Å². The van der Waals surface area contributed by atoms with Crippen LogP contribution in [-0.2, 0) is 6.54 Å². The third-order valence-corrected chi connectivity index (χ3v) is 2.64. The highest BCUT2D eigenvalue weighted by Crippen LogP contribution is 2.20. The molecule has 0 aliphatic carbocycles. The van der Waals surface area contributed by atoms with Gasteiger partial charge in [0, 0.05) is 6.54 Å². The molecule has 0 radical (unpaired) electrons. The second-order valence-corrected chi connectivity index (χ2v) is 4.04. The second-order valence-electron chi connectivity index (χ2n) is 4.04. The molecule has 1 N–H and O–H groups in total. The van der Waals surface area contributed by atoms with Crippen LogP contribution in [0.15, 0.2) is 54.6 Å². The van der Waals surface area contributed by atoms with Crippen molar-refractivity contribution in [1.82, 2.24) is 5.32 Å². The number of hydrogen-bond acceptors (Lipinski definition) is 2. The predicted molar refractivity (Wildman–Crippen MR) is 70.7 cm³/mol. The van der Waals surface area contributed by atoms with Crippen LogP contribution in [0.1, 0.15) is 15.9 Å². The van der Waals surface area contributed by atoms with Crippen molar-refractivity contribution in [3.8, 4) is 5.75 Å². The Bertz CT molecular complexity index is 573. The van der Waals surface area contributed by atoms with Crippen LogP contribution in [0.3, 0.4) is 0 Å². The van der Waals surface area contributed by atoms with E-state index in [0.29, 0.717) is 6.54 Å². The first kappa shape index (κ1) is 14.0. The van der Waals surface area contributed by atoms with Crippen molar-refractivity contribution in [3.63, 3.8) is 0 Å². The van der Waals surface area contributed by atoms with Gasteiger partial charge in [-0.1, -0.05) is 42.5 Å². The molecule has 5 heteroatoms. The fourth-order valence-electron chi connectivity index (χ4n) is 1.73. The minimum atomic E-state index is -2.96. The van der Waals surface area contributed by atoms with Crippen LogP contribution in [0.5, 0.6) is 5.75 Å². The van der Waals surface area contributed by atoms with E-state index in [1.54, 1.807) is 6.07 Å². The zero-order valence-corrected chi connectivity index (χ0v) is 10.6. The number of alkyl halides is 2. The maximum Gasteiger partial charge on any atom is 0.387 e. The van der Waals surface area contributed by atoms with E-state index in [0.717, 1.165) is 5.56 Å². The first-order chi connectivity index (χ1) is 9.66. The Kier molecular flexibility index (Phi) is 4.65. The Morgan fingerprint density at radius 2 is 1.70 bits per heavy atom. The van der Waals surface area contributed by atoms with Crippen molar-refractivity contribution < 1.29 is 18.3 Å². The Morgan fingerprint density at radius 3 is 2.40 bits per heavy atom. The van der Waals surface area contributed by atoms with E-state index >= 15 is 0 Å². The van der Waals surface area contributed by atoms with Gasteiger partial charge in [-0.2, -0.15) is 8.78 Å². The number of benzene rings is 2. The normalized spacial score (nSPS) is 10.3. The SMILES string of the molecule is O=C(NCc1ccccc1)c1ccccc1OC(F)F. The second kappa shape index (κ2) is 6.65. The van der Waals surface area contributed by atoms with Gasteiger partial charge in [-0.15, -0.1) is 0 Å². The molecule has 2 aromatic rings. The highest BCUT2D eigenvalue weighted by atomic mass is 19.3. The molecule has 2 aromatic carbocycles. The standard InChI is InChI=1S/C15H13F2NO2/c16-15(17)20-13-9-5-4-8-12(13)14(19)18-10-11-6-2-1-3-7-11/h1-9,15H,10H2,(H,18,19). The van der Waals surface area contributed by atoms with Crippen molar-refractivity contribution in [2.24, 2.45) is 0 Å². The zero-order chi connectivity index (χ0) is 14.4. The maximum atomic E-state index is 12.3. The molecule has 2 rings (SSSR count). The number of halogens is 2. The van der Waals surface area contributed by atoms with Crippen molar-refractivity contribution >= 4 is 5.91 Å². The van der Waals surface area contributed by atoms with Crippen molar-refractivity contribution in [3.05, 3.63) is 65.7 Å². The minimum Gasteiger partial charge on any atom is -0.434 e. The molecule has 0 spiro atoms. The monoisotopic (exact) mass is 277 g/mol. The van der Waals surface area contributed by atoms with Gasteiger partial charge in [0.15, 0.2) is 0 Å². The molecule has 0 aromatic heterocycles. The van der Waals surface area contributed by atoms with Gasteiger partial charge in [-0.3, -0.25) is 4.79 Å². The lowest BCUT2D eigenvalue weighted by molar-refractivity contribution is -0.0501. The van der Waals surface area contributed by atoms with Crippen LogP contribution in [0.2, 0.25) is 0 Å². The van der Waals surface area contributed by atoms with Gasteiger partial charge in [0.25, 0.3) is 5.91 Å². The van der Waals surface area contributed by atoms with Gasteiger partial charge in [0.1, 0.15) is 5.75 Å². The van der Waals surface area contributed by atoms with Crippen molar-refractivity contribution in [2.75, 3.05) is 0 Å². The number of carbonyl (C=O) groups excluding carboxylic acids is 1. The summed E-state index contributed by atoms with van der Waals surface area (Å²) >= 11 is 0. The Balaban J connectivity index is 2.05. The van der Waals surface area contributed by atoms with Crippen LogP contribution in [-0.4, -0.2) is 12.5 Å². The van der Waals surface area contributed by atoms with E-state index in [4.69, 9.17) is 0 Å². The van der Waals surface area contributed by atoms with Crippen LogP contribution in [0.4, 0.5) is 8.78 Å². The van der Waals surface area contributed by atoms with Crippen molar-refractivity contribution in [1.29, 1.82) is 0 Å². The largest absolute Gasteiger partial charge is 0.434 e. The maximum absolute atomic E-state index is 12.3. The highest BCUT2D eigenvalue weighted by Gasteiger charge is 2.14. The molecular formula is C15H13F2NO2. The summed E-state index contributed by atoms with van der Waals surface area (Å²) in [6.45, 7) is -2.64. The minimum absolute atomic E-state index is 0.0868. The van der Waals surface area contributed by atoms with Gasteiger partial charge in [-0.05, 0) is 17.7 Å². The first-order valence-electron chi connectivity index (χ1n) is 6.03. The smallest absolute Gasteiger partial charge is 0.387 e. The fraction of sp³-hybridized carbons (Fsp3) is 0.133. The van der Waals surface area contributed by atoms with Crippen LogP contribution in [0.25, 0.3) is 0 Å². The van der Waals surface area contributed by atoms with Gasteiger partial charge < -0.3 is 10.1 Å². The average Bonchev–Trinajstić information content (AvgIpc) is 2.46. The van der Waals surface area contributed by atoms with E-state index in [2.05, 4.69) is 10.1 Å². The Hall–Kier alpha value is -2.43. The molecule has 20 heavy (non-hydrogen) atoms. The lowest BCUT2D eigenvalue weighted by Gasteiger charge is -2.10. The van der Waals surface area contributed by atoms with E-state index in [9.17, 15) is 13.6 Å². The van der Waals surface area contributed by atoms with E-state index in [1.807, 2.05) is 30.3 Å². The number of rotatable bonds is 5. The summed E-state index contributed by atoms with van der Waals surface area (Å²) in [5.41, 5.74) is 1.01. The summed E-state index contributed by atoms with van der Waals surface area (Å²) < 4.78 is 28.8. The fourth-order valence-corrected chi connectivity index (χ4v) is 1.73. The van der Waals surface area contributed by atoms with E-state index < -0.39 is 12.5 Å². The van der Waals surface area contributed by atoms with Crippen LogP contribution >= 0.6 is 0 Å². The Morgan fingerprint density at radius 1 is 1.05 bits per heavy atom. The third-order valence-electron chi connectivity index (χ3n) is 2.64. The Labute approximate surface area is 115 Å². The molecule has 0 saturated heterocycles. The molecule has 0 bridgehead atoms. The van der Waals surface area contributed by atoms with Crippen molar-refractivity contribution in [2.45, 2.75) is 13.2 Å². The number of carbonyl (C=O) groups is 1. The topological polar surface area (TPSA) is 38.3 Å². The third kappa shape index (κ3) is 3.78. The predicted octanol–water partition coefficient (Wildman–Crippen LogP) is 3.22. The van der Waals surface area contributed by atoms with Gasteiger partial charge in [0.05, 0.1) is 5.56 Å². The summed E-state index contributed by atoms with van der Waals surface area (Å²) in [6.07, 6.45) is 0. The molecular weight excluding hydrogens is 264 g/mol. The van der Waals surface area contributed by atoms with Gasteiger partial charge in [-0.25, -0.2) is 0 Å². The summed E-state index contributed by atoms with van der Waals surface area (Å²) in [7, 11) is 0. The number of nitrogens with one attached hydrogen (secondary N) is 1. The molecule has 0 saturated carbocycles. The molecule has 0 atom stereocenters. The first-order valence-corrected chi connectivity index (χ1v) is 6.03. The molecule has 0 fully saturated rings. The average molecular weight is 277 g/mol. The van der Waals surface area contributed by atoms with Crippen LogP contribution < -0.4 is 10.1 Å². The highest BCUT2D eigenvalue weighted by molar-refractivity contribution is 5.96. The summed E-state index contributed by atoms with van der Waals surface area (Å²) in [4.78, 5) is 12.0. The number of amides is 1.